The van der Waals surface area contributed by atoms with Crippen LogP contribution in [0.5, 0.6) is 17.2 Å². The smallest absolute Gasteiger partial charge is 0.145 e. The Morgan fingerprint density at radius 2 is 1.76 bits per heavy atom. The Morgan fingerprint density at radius 1 is 1.07 bits per heavy atom. The van der Waals surface area contributed by atoms with Gasteiger partial charge in [0.15, 0.2) is 0 Å². The molecule has 0 saturated heterocycles. The molecule has 2 atom stereocenters. The first-order chi connectivity index (χ1) is 13.9. The number of benzene rings is 2. The van der Waals surface area contributed by atoms with Crippen LogP contribution in [0.3, 0.4) is 0 Å². The van der Waals surface area contributed by atoms with Crippen LogP contribution in [0.2, 0.25) is 0 Å². The lowest BCUT2D eigenvalue weighted by Crippen LogP contribution is -2.32. The van der Waals surface area contributed by atoms with Crippen LogP contribution >= 0.6 is 0 Å². The Kier molecular flexibility index (Phi) is 6.69. The Morgan fingerprint density at radius 3 is 2.38 bits per heavy atom. The molecule has 29 heavy (non-hydrogen) atoms. The fourth-order valence-electron chi connectivity index (χ4n) is 2.92. The van der Waals surface area contributed by atoms with Crippen LogP contribution in [-0.4, -0.2) is 38.2 Å². The van der Waals surface area contributed by atoms with Crippen LogP contribution in [0, 0.1) is 6.92 Å². The predicted molar refractivity (Wildman–Crippen MR) is 106 cm³/mol. The molecule has 0 aliphatic carbocycles. The van der Waals surface area contributed by atoms with E-state index in [1.165, 1.54) is 18.2 Å². The van der Waals surface area contributed by atoms with Gasteiger partial charge in [0.05, 0.1) is 6.10 Å². The number of aromatic nitrogens is 2. The molecule has 0 amide bonds. The van der Waals surface area contributed by atoms with Crippen molar-refractivity contribution in [1.82, 2.24) is 15.6 Å². The first-order valence-electron chi connectivity index (χ1n) is 9.35. The van der Waals surface area contributed by atoms with E-state index in [4.69, 9.17) is 4.74 Å². The van der Waals surface area contributed by atoms with Crippen molar-refractivity contribution in [2.45, 2.75) is 39.0 Å². The number of aryl methyl sites for hydroxylation is 1. The van der Waals surface area contributed by atoms with Gasteiger partial charge in [0.2, 0.25) is 0 Å². The zero-order valence-corrected chi connectivity index (χ0v) is 16.4. The molecule has 1 aromatic heterocycles. The van der Waals surface area contributed by atoms with Crippen molar-refractivity contribution in [3.63, 3.8) is 0 Å². The van der Waals surface area contributed by atoms with Gasteiger partial charge in [0.1, 0.15) is 35.2 Å². The minimum atomic E-state index is -0.833. The van der Waals surface area contributed by atoms with Gasteiger partial charge in [-0.3, -0.25) is 0 Å². The van der Waals surface area contributed by atoms with E-state index >= 15 is 0 Å². The van der Waals surface area contributed by atoms with Crippen LogP contribution in [-0.2, 0) is 13.0 Å². The second-order valence-electron chi connectivity index (χ2n) is 7.04. The summed E-state index contributed by atoms with van der Waals surface area (Å²) in [5, 5.41) is 40.1. The summed E-state index contributed by atoms with van der Waals surface area (Å²) in [6.45, 7) is 4.44. The number of hydrogen-bond acceptors (Lipinski definition) is 8. The summed E-state index contributed by atoms with van der Waals surface area (Å²) in [6.07, 6.45) is -0.0642. The average Bonchev–Trinajstić information content (AvgIpc) is 3.09. The maximum Gasteiger partial charge on any atom is 0.145 e. The lowest BCUT2D eigenvalue weighted by atomic mass is 10.1. The summed E-state index contributed by atoms with van der Waals surface area (Å²) in [5.41, 5.74) is 2.97. The average molecular weight is 399 g/mol. The number of aromatic hydroxyl groups is 2. The zero-order chi connectivity index (χ0) is 20.8. The van der Waals surface area contributed by atoms with Gasteiger partial charge in [-0.15, -0.1) is 0 Å². The molecule has 0 saturated carbocycles. The standard InChI is InChI=1S/C21H25N3O5/c1-13(22-11-21(27)16-8-17(25)10-18(26)9-16)7-15-3-5-19(6-4-15)28-12-20-14(2)23-29-24-20/h3-6,8-10,13,21-22,25-27H,7,11-12H2,1-2H3/t13-,21-/m0/s1. The van der Waals surface area contributed by atoms with Crippen LogP contribution in [0.25, 0.3) is 0 Å². The molecule has 0 aliphatic rings. The largest absolute Gasteiger partial charge is 0.508 e. The molecule has 0 fully saturated rings. The highest BCUT2D eigenvalue weighted by molar-refractivity contribution is 5.37. The van der Waals surface area contributed by atoms with Crippen molar-refractivity contribution in [3.05, 3.63) is 65.0 Å². The Labute approximate surface area is 168 Å². The maximum absolute atomic E-state index is 10.3. The number of nitrogens with one attached hydrogen (secondary N) is 1. The van der Waals surface area contributed by atoms with E-state index in [0.717, 1.165) is 17.7 Å². The fraction of sp³-hybridized carbons (Fsp3) is 0.333. The third kappa shape index (κ3) is 5.94. The minimum absolute atomic E-state index is 0.0793. The van der Waals surface area contributed by atoms with Gasteiger partial charge in [-0.1, -0.05) is 22.4 Å². The highest BCUT2D eigenvalue weighted by atomic mass is 16.6. The summed E-state index contributed by atoms with van der Waals surface area (Å²) >= 11 is 0. The van der Waals surface area contributed by atoms with E-state index in [0.29, 0.717) is 30.1 Å². The molecule has 2 aromatic carbocycles. The molecule has 8 nitrogen and oxygen atoms in total. The van der Waals surface area contributed by atoms with Crippen molar-refractivity contribution < 1.29 is 24.7 Å². The van der Waals surface area contributed by atoms with Crippen molar-refractivity contribution in [2.75, 3.05) is 6.54 Å². The molecule has 154 valence electrons. The SMILES string of the molecule is Cc1nonc1COc1ccc(C[C@H](C)NC[C@H](O)c2cc(O)cc(O)c2)cc1. The Bertz CT molecular complexity index is 906. The van der Waals surface area contributed by atoms with Crippen molar-refractivity contribution >= 4 is 0 Å². The third-order valence-electron chi connectivity index (χ3n) is 4.56. The minimum Gasteiger partial charge on any atom is -0.508 e. The summed E-state index contributed by atoms with van der Waals surface area (Å²) < 4.78 is 10.3. The number of phenolic OH excluding ortho intramolecular Hbond substituents is 2. The van der Waals surface area contributed by atoms with E-state index in [2.05, 4.69) is 20.3 Å². The number of hydrogen-bond donors (Lipinski definition) is 4. The molecule has 3 aromatic rings. The summed E-state index contributed by atoms with van der Waals surface area (Å²) in [7, 11) is 0. The number of aliphatic hydroxyl groups is 1. The molecular weight excluding hydrogens is 374 g/mol. The van der Waals surface area contributed by atoms with E-state index in [1.807, 2.05) is 38.1 Å². The molecular formula is C21H25N3O5. The normalized spacial score (nSPS) is 13.2. The topological polar surface area (TPSA) is 121 Å². The van der Waals surface area contributed by atoms with E-state index in [1.54, 1.807) is 0 Å². The van der Waals surface area contributed by atoms with E-state index < -0.39 is 6.10 Å². The first-order valence-corrected chi connectivity index (χ1v) is 9.35. The fourth-order valence-corrected chi connectivity index (χ4v) is 2.92. The monoisotopic (exact) mass is 399 g/mol. The number of phenols is 2. The lowest BCUT2D eigenvalue weighted by Gasteiger charge is -2.18. The second-order valence-corrected chi connectivity index (χ2v) is 7.04. The molecule has 0 unspecified atom stereocenters. The Hall–Kier alpha value is -3.10. The highest BCUT2D eigenvalue weighted by Gasteiger charge is 2.12. The molecule has 3 rings (SSSR count). The van der Waals surface area contributed by atoms with Gasteiger partial charge in [-0.2, -0.15) is 0 Å². The molecule has 0 aliphatic heterocycles. The van der Waals surface area contributed by atoms with E-state index in [-0.39, 0.29) is 17.5 Å². The van der Waals surface area contributed by atoms with Crippen molar-refractivity contribution in [1.29, 1.82) is 0 Å². The molecule has 1 heterocycles. The molecule has 4 N–H and O–H groups in total. The van der Waals surface area contributed by atoms with Gasteiger partial charge in [0.25, 0.3) is 0 Å². The lowest BCUT2D eigenvalue weighted by molar-refractivity contribution is 0.170. The van der Waals surface area contributed by atoms with Crippen molar-refractivity contribution in [3.8, 4) is 17.2 Å². The van der Waals surface area contributed by atoms with Crippen LogP contribution in [0.4, 0.5) is 0 Å². The highest BCUT2D eigenvalue weighted by Crippen LogP contribution is 2.24. The van der Waals surface area contributed by atoms with Crippen molar-refractivity contribution in [2.24, 2.45) is 0 Å². The van der Waals surface area contributed by atoms with Crippen LogP contribution in [0.15, 0.2) is 47.1 Å². The summed E-state index contributed by atoms with van der Waals surface area (Å²) in [4.78, 5) is 0. The first kappa shape index (κ1) is 20.6. The number of aliphatic hydroxyl groups excluding tert-OH is 1. The van der Waals surface area contributed by atoms with Gasteiger partial charge in [0, 0.05) is 18.7 Å². The quantitative estimate of drug-likeness (QED) is 0.433. The second kappa shape index (κ2) is 9.40. The van der Waals surface area contributed by atoms with Gasteiger partial charge < -0.3 is 25.4 Å². The molecule has 0 spiro atoms. The number of rotatable bonds is 9. The maximum atomic E-state index is 10.3. The Balaban J connectivity index is 1.46. The van der Waals surface area contributed by atoms with Gasteiger partial charge in [-0.25, -0.2) is 4.63 Å². The van der Waals surface area contributed by atoms with Crippen LogP contribution < -0.4 is 10.1 Å². The molecule has 0 bridgehead atoms. The third-order valence-corrected chi connectivity index (χ3v) is 4.56. The predicted octanol–water partition coefficient (Wildman–Crippen LogP) is 2.62. The zero-order valence-electron chi connectivity index (χ0n) is 16.4. The summed E-state index contributed by atoms with van der Waals surface area (Å²) in [6, 6.07) is 12.0. The van der Waals surface area contributed by atoms with E-state index in [9.17, 15) is 15.3 Å². The van der Waals surface area contributed by atoms with Gasteiger partial charge >= 0.3 is 0 Å². The molecule has 0 radical (unpaired) electrons. The van der Waals surface area contributed by atoms with Gasteiger partial charge in [-0.05, 0) is 55.7 Å². The molecule has 8 heteroatoms. The summed E-state index contributed by atoms with van der Waals surface area (Å²) in [5.74, 6) is 0.574. The van der Waals surface area contributed by atoms with Crippen LogP contribution in [0.1, 0.15) is 35.5 Å². The number of nitrogens with zero attached hydrogens (tertiary/aromatic N) is 2. The number of ether oxygens (including phenoxy) is 1.